The standard InChI is InChI=1S/C26H22N4OS/c1-2-30-24-14-8-7-13-23(24)28-26(30)32-17-25(31)29-27-16-22-20-11-5-3-9-18(20)15-19-10-4-6-12-21(19)22/h3-16H,2,17H2,1H3,(H,29,31)/b27-16-. The Labute approximate surface area is 190 Å². The first-order valence-corrected chi connectivity index (χ1v) is 11.5. The quantitative estimate of drug-likeness (QED) is 0.162. The number of carbonyl (C=O) groups is 1. The monoisotopic (exact) mass is 438 g/mol. The number of nitrogens with one attached hydrogen (secondary N) is 1. The maximum Gasteiger partial charge on any atom is 0.250 e. The van der Waals surface area contributed by atoms with Gasteiger partial charge in [0.1, 0.15) is 0 Å². The van der Waals surface area contributed by atoms with Crippen LogP contribution in [-0.4, -0.2) is 27.4 Å². The molecule has 1 N–H and O–H groups in total. The number of hydrazone groups is 1. The number of aromatic nitrogens is 2. The van der Waals surface area contributed by atoms with Crippen molar-refractivity contribution in [1.29, 1.82) is 0 Å². The first-order chi connectivity index (χ1) is 15.7. The van der Waals surface area contributed by atoms with Crippen molar-refractivity contribution < 1.29 is 4.79 Å². The topological polar surface area (TPSA) is 59.3 Å². The van der Waals surface area contributed by atoms with E-state index in [-0.39, 0.29) is 11.7 Å². The molecule has 1 aromatic heterocycles. The van der Waals surface area contributed by atoms with Gasteiger partial charge in [-0.1, -0.05) is 72.4 Å². The van der Waals surface area contributed by atoms with Crippen LogP contribution in [0.2, 0.25) is 0 Å². The summed E-state index contributed by atoms with van der Waals surface area (Å²) in [6, 6.07) is 26.6. The summed E-state index contributed by atoms with van der Waals surface area (Å²) in [6.45, 7) is 2.88. The molecule has 0 spiro atoms. The molecule has 0 bridgehead atoms. The highest BCUT2D eigenvalue weighted by molar-refractivity contribution is 7.99. The summed E-state index contributed by atoms with van der Waals surface area (Å²) in [6.07, 6.45) is 1.74. The van der Waals surface area contributed by atoms with Gasteiger partial charge in [-0.25, -0.2) is 10.4 Å². The van der Waals surface area contributed by atoms with Gasteiger partial charge < -0.3 is 4.57 Å². The van der Waals surface area contributed by atoms with Crippen LogP contribution < -0.4 is 5.43 Å². The van der Waals surface area contributed by atoms with E-state index in [9.17, 15) is 4.79 Å². The number of carbonyl (C=O) groups excluding carboxylic acids is 1. The van der Waals surface area contributed by atoms with Crippen LogP contribution in [0.1, 0.15) is 12.5 Å². The number of benzene rings is 4. The van der Waals surface area contributed by atoms with Gasteiger partial charge in [-0.05, 0) is 46.7 Å². The van der Waals surface area contributed by atoms with Crippen LogP contribution in [0.15, 0.2) is 89.1 Å². The minimum atomic E-state index is -0.162. The molecule has 1 heterocycles. The van der Waals surface area contributed by atoms with Crippen molar-refractivity contribution in [3.8, 4) is 0 Å². The van der Waals surface area contributed by atoms with Crippen LogP contribution >= 0.6 is 11.8 Å². The van der Waals surface area contributed by atoms with E-state index >= 15 is 0 Å². The molecule has 5 aromatic rings. The van der Waals surface area contributed by atoms with Crippen LogP contribution in [0.4, 0.5) is 0 Å². The van der Waals surface area contributed by atoms with Crippen molar-refractivity contribution in [1.82, 2.24) is 15.0 Å². The van der Waals surface area contributed by atoms with Crippen LogP contribution in [-0.2, 0) is 11.3 Å². The summed E-state index contributed by atoms with van der Waals surface area (Å²) in [5.41, 5.74) is 5.70. The largest absolute Gasteiger partial charge is 0.319 e. The fourth-order valence-corrected chi connectivity index (χ4v) is 4.86. The number of fused-ring (bicyclic) bond motifs is 3. The van der Waals surface area contributed by atoms with E-state index in [1.165, 1.54) is 11.8 Å². The summed E-state index contributed by atoms with van der Waals surface area (Å²) in [5, 5.41) is 9.62. The Hall–Kier alpha value is -3.64. The third kappa shape index (κ3) is 3.85. The predicted octanol–water partition coefficient (Wildman–Crippen LogP) is 5.61. The molecule has 6 heteroatoms. The lowest BCUT2D eigenvalue weighted by Gasteiger charge is -2.08. The zero-order valence-electron chi connectivity index (χ0n) is 17.7. The van der Waals surface area contributed by atoms with Crippen molar-refractivity contribution in [2.24, 2.45) is 5.10 Å². The Bertz CT molecular complexity index is 1420. The van der Waals surface area contributed by atoms with E-state index in [0.29, 0.717) is 0 Å². The SMILES string of the molecule is CCn1c(SCC(=O)N/N=C\c2c3ccccc3cc3ccccc23)nc2ccccc21. The molecule has 5 nitrogen and oxygen atoms in total. The normalized spacial score (nSPS) is 11.7. The van der Waals surface area contributed by atoms with E-state index < -0.39 is 0 Å². The van der Waals surface area contributed by atoms with E-state index in [4.69, 9.17) is 0 Å². The fraction of sp³-hybridized carbons (Fsp3) is 0.115. The lowest BCUT2D eigenvalue weighted by atomic mass is 9.97. The van der Waals surface area contributed by atoms with Gasteiger partial charge >= 0.3 is 0 Å². The lowest BCUT2D eigenvalue weighted by Crippen LogP contribution is -2.20. The second-order valence-corrected chi connectivity index (χ2v) is 8.38. The molecule has 32 heavy (non-hydrogen) atoms. The summed E-state index contributed by atoms with van der Waals surface area (Å²) in [4.78, 5) is 17.1. The molecule has 0 fully saturated rings. The predicted molar refractivity (Wildman–Crippen MR) is 133 cm³/mol. The Morgan fingerprint density at radius 2 is 1.66 bits per heavy atom. The maximum absolute atomic E-state index is 12.5. The van der Waals surface area contributed by atoms with Crippen LogP contribution in [0.3, 0.4) is 0 Å². The van der Waals surface area contributed by atoms with Crippen molar-refractivity contribution in [2.75, 3.05) is 5.75 Å². The van der Waals surface area contributed by atoms with E-state index in [1.807, 2.05) is 42.5 Å². The number of aryl methyl sites for hydroxylation is 1. The van der Waals surface area contributed by atoms with Crippen molar-refractivity contribution in [2.45, 2.75) is 18.6 Å². The molecular formula is C26H22N4OS. The number of imidazole rings is 1. The minimum absolute atomic E-state index is 0.162. The molecule has 1 amide bonds. The number of thioether (sulfide) groups is 1. The second kappa shape index (κ2) is 8.85. The molecule has 4 aromatic carbocycles. The Morgan fingerprint density at radius 3 is 2.38 bits per heavy atom. The van der Waals surface area contributed by atoms with Gasteiger partial charge in [0.05, 0.1) is 23.0 Å². The van der Waals surface area contributed by atoms with Crippen molar-refractivity contribution in [3.63, 3.8) is 0 Å². The minimum Gasteiger partial charge on any atom is -0.319 e. The highest BCUT2D eigenvalue weighted by Crippen LogP contribution is 2.27. The maximum atomic E-state index is 12.5. The highest BCUT2D eigenvalue weighted by atomic mass is 32.2. The number of para-hydroxylation sites is 2. The van der Waals surface area contributed by atoms with Crippen LogP contribution in [0, 0.1) is 0 Å². The van der Waals surface area contributed by atoms with Gasteiger partial charge in [0.25, 0.3) is 5.91 Å². The van der Waals surface area contributed by atoms with E-state index in [0.717, 1.165) is 49.8 Å². The first-order valence-electron chi connectivity index (χ1n) is 10.5. The average Bonchev–Trinajstić information content (AvgIpc) is 3.19. The first kappa shape index (κ1) is 20.3. The van der Waals surface area contributed by atoms with Gasteiger partial charge in [0, 0.05) is 12.1 Å². The van der Waals surface area contributed by atoms with Crippen molar-refractivity contribution >= 4 is 56.5 Å². The molecule has 5 rings (SSSR count). The molecular weight excluding hydrogens is 416 g/mol. The third-order valence-electron chi connectivity index (χ3n) is 5.46. The molecule has 0 aliphatic heterocycles. The summed E-state index contributed by atoms with van der Waals surface area (Å²) < 4.78 is 2.12. The van der Waals surface area contributed by atoms with Gasteiger partial charge in [-0.15, -0.1) is 0 Å². The molecule has 0 atom stereocenters. The molecule has 0 saturated heterocycles. The van der Waals surface area contributed by atoms with Gasteiger partial charge in [-0.2, -0.15) is 5.10 Å². The van der Waals surface area contributed by atoms with E-state index in [2.05, 4.69) is 63.4 Å². The third-order valence-corrected chi connectivity index (χ3v) is 6.44. The number of hydrogen-bond donors (Lipinski definition) is 1. The van der Waals surface area contributed by atoms with E-state index in [1.54, 1.807) is 6.21 Å². The van der Waals surface area contributed by atoms with Gasteiger partial charge in [-0.3, -0.25) is 4.79 Å². The number of nitrogens with zero attached hydrogens (tertiary/aromatic N) is 3. The fourth-order valence-electron chi connectivity index (χ4n) is 3.99. The molecule has 0 aliphatic rings. The number of amides is 1. The second-order valence-electron chi connectivity index (χ2n) is 7.44. The molecule has 0 saturated carbocycles. The molecule has 158 valence electrons. The van der Waals surface area contributed by atoms with Crippen LogP contribution in [0.5, 0.6) is 0 Å². The molecule has 0 unspecified atom stereocenters. The number of rotatable bonds is 6. The highest BCUT2D eigenvalue weighted by Gasteiger charge is 2.11. The lowest BCUT2D eigenvalue weighted by molar-refractivity contribution is -0.118. The zero-order chi connectivity index (χ0) is 21.9. The van der Waals surface area contributed by atoms with Crippen molar-refractivity contribution in [3.05, 3.63) is 84.4 Å². The number of hydrogen-bond acceptors (Lipinski definition) is 4. The molecule has 0 aliphatic carbocycles. The Balaban J connectivity index is 1.33. The summed E-state index contributed by atoms with van der Waals surface area (Å²) in [7, 11) is 0. The average molecular weight is 439 g/mol. The smallest absolute Gasteiger partial charge is 0.250 e. The van der Waals surface area contributed by atoms with Gasteiger partial charge in [0.2, 0.25) is 0 Å². The summed E-state index contributed by atoms with van der Waals surface area (Å²) >= 11 is 1.42. The Kier molecular flexibility index (Phi) is 5.60. The Morgan fingerprint density at radius 1 is 1.00 bits per heavy atom. The molecule has 0 radical (unpaired) electrons. The summed E-state index contributed by atoms with van der Waals surface area (Å²) in [5.74, 6) is 0.0854. The van der Waals surface area contributed by atoms with Crippen LogP contribution in [0.25, 0.3) is 32.6 Å². The zero-order valence-corrected chi connectivity index (χ0v) is 18.5. The van der Waals surface area contributed by atoms with Gasteiger partial charge in [0.15, 0.2) is 5.16 Å².